The van der Waals surface area contributed by atoms with Crippen LogP contribution in [-0.4, -0.2) is 25.3 Å². The Morgan fingerprint density at radius 3 is 2.37 bits per heavy atom. The molecule has 0 spiro atoms. The number of unbranched alkanes of at least 4 members (excludes halogenated alkanes) is 2. The first-order chi connectivity index (χ1) is 14.8. The van der Waals surface area contributed by atoms with Gasteiger partial charge in [0.2, 0.25) is 0 Å². The summed E-state index contributed by atoms with van der Waals surface area (Å²) in [5.74, 6) is 2.25. The first-order valence-corrected chi connectivity index (χ1v) is 11.7. The first kappa shape index (κ1) is 20.5. The van der Waals surface area contributed by atoms with Crippen LogP contribution in [-0.2, 0) is 13.0 Å². The minimum absolute atomic E-state index is 0.995. The van der Waals surface area contributed by atoms with E-state index < -0.39 is 0 Å². The van der Waals surface area contributed by atoms with Crippen molar-refractivity contribution in [3.63, 3.8) is 0 Å². The summed E-state index contributed by atoms with van der Waals surface area (Å²) in [6.45, 7) is 3.22. The normalized spacial score (nSPS) is 11.1. The number of aryl methyl sites for hydroxylation is 2. The lowest BCUT2D eigenvalue weighted by molar-refractivity contribution is 0.584. The minimum Gasteiger partial charge on any atom is -0.335 e. The summed E-state index contributed by atoms with van der Waals surface area (Å²) in [4.78, 5) is 12.9. The van der Waals surface area contributed by atoms with Crippen molar-refractivity contribution in [2.75, 3.05) is 5.75 Å². The van der Waals surface area contributed by atoms with Gasteiger partial charge in [0.05, 0.1) is 11.4 Å². The highest BCUT2D eigenvalue weighted by Crippen LogP contribution is 2.32. The van der Waals surface area contributed by atoms with Gasteiger partial charge in [-0.3, -0.25) is 0 Å². The second-order valence-electron chi connectivity index (χ2n) is 7.30. The molecular weight excluding hydrogens is 388 g/mol. The van der Waals surface area contributed by atoms with Gasteiger partial charge >= 0.3 is 0 Å². The maximum atomic E-state index is 4.93. The van der Waals surface area contributed by atoms with Crippen molar-refractivity contribution in [2.24, 2.45) is 0 Å². The van der Waals surface area contributed by atoms with Crippen LogP contribution in [0.3, 0.4) is 0 Å². The zero-order valence-corrected chi connectivity index (χ0v) is 18.2. The molecule has 5 heteroatoms. The summed E-state index contributed by atoms with van der Waals surface area (Å²) in [5.41, 5.74) is 4.43. The van der Waals surface area contributed by atoms with Gasteiger partial charge in [0.25, 0.3) is 0 Å². The standard InChI is InChI=1S/C25H28N4S/c1-2-22-26-16-18-29(22)17-10-5-11-19-30-25-27-23(20-12-6-3-7-13-20)24(28-25)21-14-8-4-9-15-21/h3-4,6-9,12-16,18H,2,5,10-11,17,19H2,1H3,(H,27,28). The van der Waals surface area contributed by atoms with Gasteiger partial charge in [-0.1, -0.05) is 85.8 Å². The molecule has 0 saturated heterocycles. The van der Waals surface area contributed by atoms with Crippen LogP contribution in [0.5, 0.6) is 0 Å². The number of aromatic amines is 1. The molecule has 0 aliphatic heterocycles. The molecule has 0 aliphatic rings. The first-order valence-electron chi connectivity index (χ1n) is 10.7. The molecule has 4 aromatic rings. The molecule has 2 aromatic heterocycles. The predicted molar refractivity (Wildman–Crippen MR) is 126 cm³/mol. The number of nitrogens with one attached hydrogen (secondary N) is 1. The molecule has 1 N–H and O–H groups in total. The predicted octanol–water partition coefficient (Wildman–Crippen LogP) is 6.47. The van der Waals surface area contributed by atoms with Crippen LogP contribution >= 0.6 is 11.8 Å². The third-order valence-corrected chi connectivity index (χ3v) is 6.15. The Bertz CT molecular complexity index is 980. The maximum absolute atomic E-state index is 4.93. The molecule has 30 heavy (non-hydrogen) atoms. The van der Waals surface area contributed by atoms with E-state index in [9.17, 15) is 0 Å². The molecule has 0 unspecified atom stereocenters. The molecule has 2 aromatic carbocycles. The van der Waals surface area contributed by atoms with Crippen molar-refractivity contribution in [1.29, 1.82) is 0 Å². The molecule has 0 aliphatic carbocycles. The highest BCUT2D eigenvalue weighted by Gasteiger charge is 2.14. The Kier molecular flexibility index (Phi) is 7.03. The Morgan fingerprint density at radius 1 is 0.900 bits per heavy atom. The molecule has 0 amide bonds. The minimum atomic E-state index is 0.995. The van der Waals surface area contributed by atoms with Crippen LogP contribution in [0.25, 0.3) is 22.5 Å². The number of H-pyrrole nitrogens is 1. The Morgan fingerprint density at radius 2 is 1.63 bits per heavy atom. The van der Waals surface area contributed by atoms with E-state index in [-0.39, 0.29) is 0 Å². The number of imidazole rings is 2. The molecule has 0 fully saturated rings. The largest absolute Gasteiger partial charge is 0.335 e. The van der Waals surface area contributed by atoms with Crippen LogP contribution < -0.4 is 0 Å². The lowest BCUT2D eigenvalue weighted by Gasteiger charge is -2.05. The fourth-order valence-electron chi connectivity index (χ4n) is 3.63. The highest BCUT2D eigenvalue weighted by atomic mass is 32.2. The smallest absolute Gasteiger partial charge is 0.166 e. The van der Waals surface area contributed by atoms with Crippen molar-refractivity contribution in [3.8, 4) is 22.5 Å². The quantitative estimate of drug-likeness (QED) is 0.238. The summed E-state index contributed by atoms with van der Waals surface area (Å²) < 4.78 is 2.28. The molecule has 0 atom stereocenters. The van der Waals surface area contributed by atoms with Gasteiger partial charge < -0.3 is 9.55 Å². The summed E-state index contributed by atoms with van der Waals surface area (Å²) in [7, 11) is 0. The summed E-state index contributed by atoms with van der Waals surface area (Å²) in [6.07, 6.45) is 8.57. The molecular formula is C25H28N4S. The van der Waals surface area contributed by atoms with E-state index in [4.69, 9.17) is 4.98 Å². The average Bonchev–Trinajstić information content (AvgIpc) is 3.44. The number of hydrogen-bond acceptors (Lipinski definition) is 3. The Labute approximate surface area is 182 Å². The fraction of sp³-hybridized carbons (Fsp3) is 0.280. The maximum Gasteiger partial charge on any atom is 0.166 e. The van der Waals surface area contributed by atoms with Crippen LogP contribution in [0.1, 0.15) is 32.0 Å². The summed E-state index contributed by atoms with van der Waals surface area (Å²) in [5, 5.41) is 0.996. The van der Waals surface area contributed by atoms with Gasteiger partial charge in [-0.2, -0.15) is 0 Å². The third kappa shape index (κ3) is 5.03. The van der Waals surface area contributed by atoms with E-state index >= 15 is 0 Å². The van der Waals surface area contributed by atoms with Crippen LogP contribution in [0, 0.1) is 0 Å². The van der Waals surface area contributed by atoms with Gasteiger partial charge in [-0.05, 0) is 12.8 Å². The van der Waals surface area contributed by atoms with E-state index in [1.54, 1.807) is 0 Å². The topological polar surface area (TPSA) is 46.5 Å². The zero-order valence-electron chi connectivity index (χ0n) is 17.4. The zero-order chi connectivity index (χ0) is 20.6. The summed E-state index contributed by atoms with van der Waals surface area (Å²) in [6, 6.07) is 20.9. The van der Waals surface area contributed by atoms with Gasteiger partial charge in [0.1, 0.15) is 5.82 Å². The molecule has 0 saturated carbocycles. The van der Waals surface area contributed by atoms with E-state index in [2.05, 4.69) is 76.2 Å². The van der Waals surface area contributed by atoms with Gasteiger partial charge in [-0.25, -0.2) is 9.97 Å². The third-order valence-electron chi connectivity index (χ3n) is 5.19. The van der Waals surface area contributed by atoms with E-state index in [0.717, 1.165) is 40.8 Å². The van der Waals surface area contributed by atoms with Crippen molar-refractivity contribution in [1.82, 2.24) is 19.5 Å². The molecule has 4 nitrogen and oxygen atoms in total. The second-order valence-corrected chi connectivity index (χ2v) is 8.38. The molecule has 154 valence electrons. The van der Waals surface area contributed by atoms with Crippen molar-refractivity contribution in [2.45, 2.75) is 44.3 Å². The number of thioether (sulfide) groups is 1. The number of nitrogens with zero attached hydrogens (tertiary/aromatic N) is 3. The second kappa shape index (κ2) is 10.3. The monoisotopic (exact) mass is 416 g/mol. The Balaban J connectivity index is 1.36. The number of aromatic nitrogens is 4. The van der Waals surface area contributed by atoms with Gasteiger partial charge in [-0.15, -0.1) is 0 Å². The lowest BCUT2D eigenvalue weighted by Crippen LogP contribution is -2.02. The highest BCUT2D eigenvalue weighted by molar-refractivity contribution is 7.99. The SMILES string of the molecule is CCc1nccn1CCCCCSc1nc(-c2ccccc2)c(-c2ccccc2)[nH]1. The van der Waals surface area contributed by atoms with Crippen LogP contribution in [0.2, 0.25) is 0 Å². The van der Waals surface area contributed by atoms with Crippen LogP contribution in [0.4, 0.5) is 0 Å². The number of hydrogen-bond donors (Lipinski definition) is 1. The Hall–Kier alpha value is -2.79. The molecule has 0 bridgehead atoms. The fourth-order valence-corrected chi connectivity index (χ4v) is 4.50. The van der Waals surface area contributed by atoms with E-state index in [0.29, 0.717) is 0 Å². The van der Waals surface area contributed by atoms with E-state index in [1.165, 1.54) is 30.7 Å². The van der Waals surface area contributed by atoms with E-state index in [1.807, 2.05) is 30.1 Å². The van der Waals surface area contributed by atoms with Crippen LogP contribution in [0.15, 0.2) is 78.2 Å². The molecule has 4 rings (SSSR count). The van der Waals surface area contributed by atoms with Gasteiger partial charge in [0, 0.05) is 42.2 Å². The van der Waals surface area contributed by atoms with Crippen molar-refractivity contribution >= 4 is 11.8 Å². The number of benzene rings is 2. The number of rotatable bonds is 10. The average molecular weight is 417 g/mol. The molecule has 0 radical (unpaired) electrons. The van der Waals surface area contributed by atoms with Crippen molar-refractivity contribution < 1.29 is 0 Å². The lowest BCUT2D eigenvalue weighted by atomic mass is 10.1. The summed E-state index contributed by atoms with van der Waals surface area (Å²) >= 11 is 1.81. The van der Waals surface area contributed by atoms with Gasteiger partial charge in [0.15, 0.2) is 5.16 Å². The van der Waals surface area contributed by atoms with Crippen molar-refractivity contribution in [3.05, 3.63) is 78.9 Å². The molecule has 2 heterocycles.